The minimum absolute atomic E-state index is 0.110. The third-order valence-corrected chi connectivity index (χ3v) is 2.39. The number of H-pyrrole nitrogens is 1. The lowest BCUT2D eigenvalue weighted by Gasteiger charge is -1.95. The molecule has 1 aromatic heterocycles. The minimum atomic E-state index is -0.110. The Kier molecular flexibility index (Phi) is 3.51. The fourth-order valence-electron chi connectivity index (χ4n) is 0.568. The van der Waals surface area contributed by atoms with Gasteiger partial charge < -0.3 is 4.98 Å². The summed E-state index contributed by atoms with van der Waals surface area (Å²) < 4.78 is 0. The zero-order valence-electron chi connectivity index (χ0n) is 5.78. The molecule has 60 valence electrons. The Hall–Kier alpha value is -0.420. The summed E-state index contributed by atoms with van der Waals surface area (Å²) in [7, 11) is 0. The van der Waals surface area contributed by atoms with E-state index in [1.807, 2.05) is 0 Å². The highest BCUT2D eigenvalue weighted by atomic mass is 32.2. The number of thioether (sulfide) groups is 1. The number of rotatable bonds is 3. The van der Waals surface area contributed by atoms with Crippen molar-refractivity contribution in [3.8, 4) is 0 Å². The van der Waals surface area contributed by atoms with Crippen LogP contribution in [-0.2, 0) is 0 Å². The van der Waals surface area contributed by atoms with E-state index < -0.39 is 0 Å². The van der Waals surface area contributed by atoms with Crippen LogP contribution >= 0.6 is 24.4 Å². The molecule has 1 aromatic rings. The predicted molar refractivity (Wildman–Crippen MR) is 49.4 cm³/mol. The highest BCUT2D eigenvalue weighted by Crippen LogP contribution is 2.08. The van der Waals surface area contributed by atoms with Crippen LogP contribution in [0, 0.1) is 0 Å². The van der Waals surface area contributed by atoms with Crippen molar-refractivity contribution in [2.24, 2.45) is 0 Å². The van der Waals surface area contributed by atoms with Crippen LogP contribution in [-0.4, -0.2) is 21.5 Å². The lowest BCUT2D eigenvalue weighted by atomic mass is 10.7. The van der Waals surface area contributed by atoms with E-state index in [0.29, 0.717) is 5.16 Å². The lowest BCUT2D eigenvalue weighted by Crippen LogP contribution is -2.05. The van der Waals surface area contributed by atoms with Gasteiger partial charge in [0.05, 0.1) is 0 Å². The van der Waals surface area contributed by atoms with Gasteiger partial charge in [-0.1, -0.05) is 11.8 Å². The molecule has 0 fully saturated rings. The predicted octanol–water partition coefficient (Wildman–Crippen LogP) is 0.792. The first kappa shape index (κ1) is 8.67. The van der Waals surface area contributed by atoms with Gasteiger partial charge in [-0.25, -0.2) is 4.98 Å². The first-order valence-electron chi connectivity index (χ1n) is 3.12. The van der Waals surface area contributed by atoms with Crippen LogP contribution in [0.1, 0.15) is 0 Å². The monoisotopic (exact) mass is 188 g/mol. The van der Waals surface area contributed by atoms with Crippen molar-refractivity contribution in [3.63, 3.8) is 0 Å². The normalized spacial score (nSPS) is 9.91. The Labute approximate surface area is 74.0 Å². The van der Waals surface area contributed by atoms with Gasteiger partial charge in [0.2, 0.25) is 0 Å². The summed E-state index contributed by atoms with van der Waals surface area (Å²) in [5.41, 5.74) is -0.110. The van der Waals surface area contributed by atoms with E-state index in [0.717, 1.165) is 11.5 Å². The standard InChI is InChI=1S/C6H8N2OS2/c9-5-1-2-7-6(8-5)11-4-3-10/h1-2,10H,3-4H2,(H,7,8,9). The molecule has 0 aliphatic rings. The van der Waals surface area contributed by atoms with E-state index in [1.165, 1.54) is 24.0 Å². The molecule has 0 aromatic carbocycles. The summed E-state index contributed by atoms with van der Waals surface area (Å²) in [5.74, 6) is 1.64. The maximum absolute atomic E-state index is 10.7. The van der Waals surface area contributed by atoms with Gasteiger partial charge in [-0.15, -0.1) is 0 Å². The third-order valence-electron chi connectivity index (χ3n) is 0.978. The first-order valence-corrected chi connectivity index (χ1v) is 4.74. The van der Waals surface area contributed by atoms with E-state index in [2.05, 4.69) is 22.6 Å². The Morgan fingerprint density at radius 1 is 1.73 bits per heavy atom. The zero-order valence-corrected chi connectivity index (χ0v) is 7.49. The average molecular weight is 188 g/mol. The molecule has 0 unspecified atom stereocenters. The number of nitrogens with zero attached hydrogens (tertiary/aromatic N) is 1. The molecule has 1 rings (SSSR count). The molecular formula is C6H8N2OS2. The number of hydrogen-bond donors (Lipinski definition) is 2. The molecule has 1 heterocycles. The van der Waals surface area contributed by atoms with Crippen molar-refractivity contribution < 1.29 is 0 Å². The molecule has 0 amide bonds. The summed E-state index contributed by atoms with van der Waals surface area (Å²) in [6.07, 6.45) is 1.50. The molecule has 0 spiro atoms. The Morgan fingerprint density at radius 2 is 2.55 bits per heavy atom. The fraction of sp³-hybridized carbons (Fsp3) is 0.333. The number of aromatic amines is 1. The largest absolute Gasteiger partial charge is 0.301 e. The summed E-state index contributed by atoms with van der Waals surface area (Å²) in [5, 5.41) is 0.659. The molecule has 0 saturated carbocycles. The van der Waals surface area contributed by atoms with Gasteiger partial charge in [-0.2, -0.15) is 12.6 Å². The Morgan fingerprint density at radius 3 is 3.18 bits per heavy atom. The van der Waals surface area contributed by atoms with Crippen molar-refractivity contribution in [3.05, 3.63) is 22.6 Å². The Balaban J connectivity index is 2.64. The van der Waals surface area contributed by atoms with E-state index in [9.17, 15) is 4.79 Å². The molecule has 0 bridgehead atoms. The van der Waals surface area contributed by atoms with Gasteiger partial charge in [0, 0.05) is 18.0 Å². The van der Waals surface area contributed by atoms with Crippen molar-refractivity contribution in [2.75, 3.05) is 11.5 Å². The maximum Gasteiger partial charge on any atom is 0.251 e. The molecule has 0 radical (unpaired) electrons. The summed E-state index contributed by atoms with van der Waals surface area (Å²) in [6, 6.07) is 1.39. The summed E-state index contributed by atoms with van der Waals surface area (Å²) >= 11 is 5.53. The number of hydrogen-bond acceptors (Lipinski definition) is 4. The molecule has 0 aliphatic carbocycles. The van der Waals surface area contributed by atoms with Crippen LogP contribution in [0.4, 0.5) is 0 Å². The van der Waals surface area contributed by atoms with E-state index >= 15 is 0 Å². The summed E-state index contributed by atoms with van der Waals surface area (Å²) in [4.78, 5) is 17.3. The summed E-state index contributed by atoms with van der Waals surface area (Å²) in [6.45, 7) is 0. The molecule has 0 saturated heterocycles. The quantitative estimate of drug-likeness (QED) is 0.419. The molecule has 1 N–H and O–H groups in total. The molecule has 5 heteroatoms. The van der Waals surface area contributed by atoms with Crippen molar-refractivity contribution >= 4 is 24.4 Å². The van der Waals surface area contributed by atoms with E-state index in [1.54, 1.807) is 0 Å². The maximum atomic E-state index is 10.7. The van der Waals surface area contributed by atoms with Crippen molar-refractivity contribution in [1.82, 2.24) is 9.97 Å². The van der Waals surface area contributed by atoms with E-state index in [-0.39, 0.29) is 5.56 Å². The third kappa shape index (κ3) is 2.98. The smallest absolute Gasteiger partial charge is 0.251 e. The first-order chi connectivity index (χ1) is 5.33. The van der Waals surface area contributed by atoms with E-state index in [4.69, 9.17) is 0 Å². The van der Waals surface area contributed by atoms with Crippen LogP contribution < -0.4 is 5.56 Å². The Bertz CT molecular complexity index is 273. The molecule has 3 nitrogen and oxygen atoms in total. The van der Waals surface area contributed by atoms with Crippen LogP contribution in [0.2, 0.25) is 0 Å². The second kappa shape index (κ2) is 4.46. The minimum Gasteiger partial charge on any atom is -0.301 e. The van der Waals surface area contributed by atoms with Crippen LogP contribution in [0.3, 0.4) is 0 Å². The van der Waals surface area contributed by atoms with Gasteiger partial charge in [-0.05, 0) is 5.75 Å². The van der Waals surface area contributed by atoms with Crippen LogP contribution in [0.15, 0.2) is 22.2 Å². The molecule has 11 heavy (non-hydrogen) atoms. The van der Waals surface area contributed by atoms with Gasteiger partial charge in [0.1, 0.15) is 0 Å². The SMILES string of the molecule is O=c1ccnc(SCCS)[nH]1. The van der Waals surface area contributed by atoms with Gasteiger partial charge >= 0.3 is 0 Å². The van der Waals surface area contributed by atoms with Crippen LogP contribution in [0.5, 0.6) is 0 Å². The molecular weight excluding hydrogens is 180 g/mol. The fourth-order valence-corrected chi connectivity index (χ4v) is 1.43. The average Bonchev–Trinajstić information content (AvgIpc) is 2.01. The van der Waals surface area contributed by atoms with Crippen molar-refractivity contribution in [1.29, 1.82) is 0 Å². The number of nitrogens with one attached hydrogen (secondary N) is 1. The number of thiol groups is 1. The van der Waals surface area contributed by atoms with Crippen LogP contribution in [0.25, 0.3) is 0 Å². The van der Waals surface area contributed by atoms with Crippen molar-refractivity contribution in [2.45, 2.75) is 5.16 Å². The highest BCUT2D eigenvalue weighted by Gasteiger charge is 1.93. The zero-order chi connectivity index (χ0) is 8.10. The lowest BCUT2D eigenvalue weighted by molar-refractivity contribution is 0.937. The topological polar surface area (TPSA) is 45.8 Å². The molecule has 0 aliphatic heterocycles. The second-order valence-corrected chi connectivity index (χ2v) is 3.34. The second-order valence-electron chi connectivity index (χ2n) is 1.81. The van der Waals surface area contributed by atoms with Gasteiger partial charge in [0.25, 0.3) is 5.56 Å². The van der Waals surface area contributed by atoms with Gasteiger partial charge in [-0.3, -0.25) is 4.79 Å². The number of aromatic nitrogens is 2. The highest BCUT2D eigenvalue weighted by molar-refractivity contribution is 7.99. The molecule has 0 atom stereocenters. The van der Waals surface area contributed by atoms with Gasteiger partial charge in [0.15, 0.2) is 5.16 Å².